The lowest BCUT2D eigenvalue weighted by Gasteiger charge is -2.14. The smallest absolute Gasteiger partial charge is 0.308 e. The van der Waals surface area contributed by atoms with Crippen molar-refractivity contribution in [1.29, 1.82) is 0 Å². The summed E-state index contributed by atoms with van der Waals surface area (Å²) in [5.41, 5.74) is 2.85. The number of carbonyl (C=O) groups excluding carboxylic acids is 1. The summed E-state index contributed by atoms with van der Waals surface area (Å²) in [4.78, 5) is 10.9. The van der Waals surface area contributed by atoms with Crippen molar-refractivity contribution in [3.63, 3.8) is 0 Å². The maximum atomic E-state index is 10.9. The Morgan fingerprint density at radius 1 is 1.20 bits per heavy atom. The van der Waals surface area contributed by atoms with Crippen molar-refractivity contribution in [1.82, 2.24) is 0 Å². The molecule has 1 rings (SSSR count). The van der Waals surface area contributed by atoms with Gasteiger partial charge < -0.3 is 9.47 Å². The minimum absolute atomic E-state index is 0.300. The van der Waals surface area contributed by atoms with Gasteiger partial charge in [0.25, 0.3) is 0 Å². The van der Waals surface area contributed by atoms with E-state index < -0.39 is 0 Å². The van der Waals surface area contributed by atoms with E-state index >= 15 is 0 Å². The van der Waals surface area contributed by atoms with Crippen molar-refractivity contribution in [3.8, 4) is 11.5 Å². The van der Waals surface area contributed by atoms with E-state index in [1.165, 1.54) is 6.92 Å². The van der Waals surface area contributed by atoms with Crippen molar-refractivity contribution < 1.29 is 14.3 Å². The number of rotatable bonds is 2. The summed E-state index contributed by atoms with van der Waals surface area (Å²) in [6.07, 6.45) is 0. The fourth-order valence-corrected chi connectivity index (χ4v) is 1.53. The van der Waals surface area contributed by atoms with Gasteiger partial charge in [0.1, 0.15) is 11.5 Å². The minimum atomic E-state index is -0.300. The molecule has 0 heterocycles. The Labute approximate surface area is 90.0 Å². The second kappa shape index (κ2) is 4.34. The van der Waals surface area contributed by atoms with Crippen molar-refractivity contribution in [2.24, 2.45) is 0 Å². The van der Waals surface area contributed by atoms with Gasteiger partial charge in [0.05, 0.1) is 7.11 Å². The predicted molar refractivity (Wildman–Crippen MR) is 58.5 cm³/mol. The van der Waals surface area contributed by atoms with Crippen LogP contribution in [0.2, 0.25) is 0 Å². The first kappa shape index (κ1) is 11.6. The highest BCUT2D eigenvalue weighted by molar-refractivity contribution is 5.71. The van der Waals surface area contributed by atoms with Crippen molar-refractivity contribution in [2.75, 3.05) is 7.11 Å². The highest BCUT2D eigenvalue weighted by Gasteiger charge is 2.12. The van der Waals surface area contributed by atoms with Gasteiger partial charge in [-0.05, 0) is 43.5 Å². The minimum Gasteiger partial charge on any atom is -0.496 e. The van der Waals surface area contributed by atoms with Gasteiger partial charge in [0.15, 0.2) is 0 Å². The quantitative estimate of drug-likeness (QED) is 0.553. The number of aryl methyl sites for hydroxylation is 1. The SMILES string of the molecule is COc1cc(C)c(OC(C)=O)c(C)c1C. The van der Waals surface area contributed by atoms with E-state index in [-0.39, 0.29) is 5.97 Å². The first-order chi connectivity index (χ1) is 6.97. The Kier molecular flexibility index (Phi) is 3.35. The van der Waals surface area contributed by atoms with Crippen LogP contribution in [0.4, 0.5) is 0 Å². The average Bonchev–Trinajstić information content (AvgIpc) is 2.18. The van der Waals surface area contributed by atoms with Gasteiger partial charge in [-0.2, -0.15) is 0 Å². The highest BCUT2D eigenvalue weighted by atomic mass is 16.5. The molecule has 0 aliphatic carbocycles. The number of ether oxygens (including phenoxy) is 2. The molecule has 1 aromatic carbocycles. The Bertz CT molecular complexity index is 394. The highest BCUT2D eigenvalue weighted by Crippen LogP contribution is 2.32. The summed E-state index contributed by atoms with van der Waals surface area (Å²) in [7, 11) is 1.63. The molecule has 3 nitrogen and oxygen atoms in total. The van der Waals surface area contributed by atoms with Crippen LogP contribution in [-0.4, -0.2) is 13.1 Å². The molecule has 0 spiro atoms. The van der Waals surface area contributed by atoms with Crippen LogP contribution in [0.3, 0.4) is 0 Å². The third-order valence-electron chi connectivity index (χ3n) is 2.44. The summed E-state index contributed by atoms with van der Waals surface area (Å²) >= 11 is 0. The lowest BCUT2D eigenvalue weighted by Crippen LogP contribution is -2.06. The van der Waals surface area contributed by atoms with E-state index in [0.29, 0.717) is 5.75 Å². The Morgan fingerprint density at radius 2 is 1.80 bits per heavy atom. The average molecular weight is 208 g/mol. The molecule has 0 unspecified atom stereocenters. The lowest BCUT2D eigenvalue weighted by atomic mass is 10.0. The maximum absolute atomic E-state index is 10.9. The Hall–Kier alpha value is -1.51. The molecule has 0 N–H and O–H groups in total. The van der Waals surface area contributed by atoms with Gasteiger partial charge in [0, 0.05) is 6.92 Å². The van der Waals surface area contributed by atoms with E-state index in [1.807, 2.05) is 26.8 Å². The molecular weight excluding hydrogens is 192 g/mol. The number of hydrogen-bond acceptors (Lipinski definition) is 3. The van der Waals surface area contributed by atoms with Crippen LogP contribution in [-0.2, 0) is 4.79 Å². The fourth-order valence-electron chi connectivity index (χ4n) is 1.53. The van der Waals surface area contributed by atoms with Crippen LogP contribution >= 0.6 is 0 Å². The van der Waals surface area contributed by atoms with Gasteiger partial charge in [-0.15, -0.1) is 0 Å². The number of methoxy groups -OCH3 is 1. The van der Waals surface area contributed by atoms with E-state index in [0.717, 1.165) is 22.4 Å². The van der Waals surface area contributed by atoms with Crippen LogP contribution in [0.1, 0.15) is 23.6 Å². The molecule has 3 heteroatoms. The predicted octanol–water partition coefficient (Wildman–Crippen LogP) is 2.55. The monoisotopic (exact) mass is 208 g/mol. The molecule has 0 aromatic heterocycles. The third kappa shape index (κ3) is 2.29. The van der Waals surface area contributed by atoms with E-state index in [9.17, 15) is 4.79 Å². The van der Waals surface area contributed by atoms with Crippen LogP contribution < -0.4 is 9.47 Å². The molecule has 0 radical (unpaired) electrons. The topological polar surface area (TPSA) is 35.5 Å². The van der Waals surface area contributed by atoms with Gasteiger partial charge in [0.2, 0.25) is 0 Å². The molecule has 0 atom stereocenters. The number of carbonyl (C=O) groups is 1. The number of benzene rings is 1. The molecule has 0 aliphatic heterocycles. The molecule has 1 aromatic rings. The molecular formula is C12H16O3. The van der Waals surface area contributed by atoms with Crippen molar-refractivity contribution >= 4 is 5.97 Å². The summed E-state index contributed by atoms with van der Waals surface area (Å²) < 4.78 is 10.4. The normalized spacial score (nSPS) is 9.93. The summed E-state index contributed by atoms with van der Waals surface area (Å²) in [6.45, 7) is 7.16. The van der Waals surface area contributed by atoms with E-state index in [2.05, 4.69) is 0 Å². The zero-order chi connectivity index (χ0) is 11.6. The molecule has 15 heavy (non-hydrogen) atoms. The van der Waals surface area contributed by atoms with Crippen LogP contribution in [0.5, 0.6) is 11.5 Å². The number of hydrogen-bond donors (Lipinski definition) is 0. The van der Waals surface area contributed by atoms with E-state index in [1.54, 1.807) is 7.11 Å². The van der Waals surface area contributed by atoms with Gasteiger partial charge in [-0.3, -0.25) is 4.79 Å². The van der Waals surface area contributed by atoms with Gasteiger partial charge >= 0.3 is 5.97 Å². The first-order valence-electron chi connectivity index (χ1n) is 4.80. The molecule has 0 saturated heterocycles. The second-order valence-corrected chi connectivity index (χ2v) is 3.57. The first-order valence-corrected chi connectivity index (χ1v) is 4.80. The summed E-state index contributed by atoms with van der Waals surface area (Å²) in [6, 6.07) is 1.88. The maximum Gasteiger partial charge on any atom is 0.308 e. The molecule has 0 amide bonds. The van der Waals surface area contributed by atoms with E-state index in [4.69, 9.17) is 9.47 Å². The van der Waals surface area contributed by atoms with Crippen LogP contribution in [0, 0.1) is 20.8 Å². The van der Waals surface area contributed by atoms with Crippen LogP contribution in [0.25, 0.3) is 0 Å². The lowest BCUT2D eigenvalue weighted by molar-refractivity contribution is -0.131. The molecule has 0 saturated carbocycles. The molecule has 0 fully saturated rings. The van der Waals surface area contributed by atoms with Gasteiger partial charge in [-0.25, -0.2) is 0 Å². The number of esters is 1. The fraction of sp³-hybridized carbons (Fsp3) is 0.417. The molecule has 0 bridgehead atoms. The van der Waals surface area contributed by atoms with Crippen molar-refractivity contribution in [2.45, 2.75) is 27.7 Å². The van der Waals surface area contributed by atoms with Gasteiger partial charge in [-0.1, -0.05) is 0 Å². The standard InChI is InChI=1S/C12H16O3/c1-7-6-11(14-5)8(2)9(3)12(7)15-10(4)13/h6H,1-5H3. The third-order valence-corrected chi connectivity index (χ3v) is 2.44. The summed E-state index contributed by atoms with van der Waals surface area (Å²) in [5.74, 6) is 1.16. The Balaban J connectivity index is 3.29. The summed E-state index contributed by atoms with van der Waals surface area (Å²) in [5, 5.41) is 0. The van der Waals surface area contributed by atoms with Crippen LogP contribution in [0.15, 0.2) is 6.07 Å². The van der Waals surface area contributed by atoms with Crippen molar-refractivity contribution in [3.05, 3.63) is 22.8 Å². The molecule has 82 valence electrons. The Morgan fingerprint density at radius 3 is 2.27 bits per heavy atom. The second-order valence-electron chi connectivity index (χ2n) is 3.57. The zero-order valence-corrected chi connectivity index (χ0v) is 9.80. The molecule has 0 aliphatic rings. The largest absolute Gasteiger partial charge is 0.496 e. The zero-order valence-electron chi connectivity index (χ0n) is 9.80.